The highest BCUT2D eigenvalue weighted by molar-refractivity contribution is 8.03. The van der Waals surface area contributed by atoms with E-state index in [1.54, 1.807) is 0 Å². The average molecular weight is 357 g/mol. The molecule has 0 radical (unpaired) electrons. The number of benzene rings is 3. The lowest BCUT2D eigenvalue weighted by Gasteiger charge is -2.17. The highest BCUT2D eigenvalue weighted by Gasteiger charge is 2.14. The zero-order valence-electron chi connectivity index (χ0n) is 12.6. The summed E-state index contributed by atoms with van der Waals surface area (Å²) in [7, 11) is 0. The molecule has 0 fully saturated rings. The van der Waals surface area contributed by atoms with Crippen molar-refractivity contribution in [3.63, 3.8) is 0 Å². The van der Waals surface area contributed by atoms with Crippen molar-refractivity contribution in [1.82, 2.24) is 0 Å². The molecule has 0 heterocycles. The number of hydrogen-bond acceptors (Lipinski definition) is 2. The van der Waals surface area contributed by atoms with Gasteiger partial charge in [0.1, 0.15) is 0 Å². The minimum atomic E-state index is 0.362. The van der Waals surface area contributed by atoms with Crippen molar-refractivity contribution >= 4 is 35.1 Å². The zero-order valence-corrected chi connectivity index (χ0v) is 15.0. The highest BCUT2D eigenvalue weighted by atomic mass is 35.5. The summed E-state index contributed by atoms with van der Waals surface area (Å²) in [6, 6.07) is 29.3. The van der Waals surface area contributed by atoms with E-state index in [2.05, 4.69) is 72.8 Å². The molecular weight excluding hydrogens is 340 g/mol. The minimum Gasteiger partial charge on any atom is -0.125 e. The predicted octanol–water partition coefficient (Wildman–Crippen LogP) is 6.97. The Morgan fingerprint density at radius 2 is 1.39 bits per heavy atom. The van der Waals surface area contributed by atoms with E-state index in [-0.39, 0.29) is 0 Å². The van der Waals surface area contributed by atoms with Gasteiger partial charge < -0.3 is 0 Å². The summed E-state index contributed by atoms with van der Waals surface area (Å²) in [6.07, 6.45) is 0. The van der Waals surface area contributed by atoms with Gasteiger partial charge >= 0.3 is 0 Å². The molecule has 0 aliphatic rings. The third-order valence-corrected chi connectivity index (χ3v) is 6.21. The maximum absolute atomic E-state index is 6.19. The fraction of sp³-hybridized carbons (Fsp3) is 0.100. The largest absolute Gasteiger partial charge is 0.125 e. The van der Waals surface area contributed by atoms with Crippen molar-refractivity contribution in [3.05, 3.63) is 95.5 Å². The Kier molecular flexibility index (Phi) is 6.09. The van der Waals surface area contributed by atoms with Crippen molar-refractivity contribution in [2.75, 3.05) is 5.75 Å². The molecule has 0 N–H and O–H groups in total. The Morgan fingerprint density at radius 1 is 0.739 bits per heavy atom. The van der Waals surface area contributed by atoms with Crippen molar-refractivity contribution in [3.8, 4) is 0 Å². The van der Waals surface area contributed by atoms with Crippen molar-refractivity contribution in [2.24, 2.45) is 0 Å². The molecular formula is C20H17ClS2. The van der Waals surface area contributed by atoms with Crippen LogP contribution < -0.4 is 0 Å². The topological polar surface area (TPSA) is 0 Å². The fourth-order valence-electron chi connectivity index (χ4n) is 2.26. The van der Waals surface area contributed by atoms with E-state index >= 15 is 0 Å². The molecule has 0 bridgehead atoms. The first-order chi connectivity index (χ1) is 11.3. The van der Waals surface area contributed by atoms with E-state index in [9.17, 15) is 0 Å². The molecule has 3 heteroatoms. The average Bonchev–Trinajstić information content (AvgIpc) is 2.60. The predicted molar refractivity (Wildman–Crippen MR) is 104 cm³/mol. The Morgan fingerprint density at radius 3 is 2.04 bits per heavy atom. The van der Waals surface area contributed by atoms with Gasteiger partial charge in [-0.25, -0.2) is 0 Å². The molecule has 23 heavy (non-hydrogen) atoms. The van der Waals surface area contributed by atoms with Crippen LogP contribution >= 0.6 is 35.1 Å². The molecule has 1 atom stereocenters. The summed E-state index contributed by atoms with van der Waals surface area (Å²) >= 11 is 9.97. The van der Waals surface area contributed by atoms with E-state index in [1.165, 1.54) is 15.4 Å². The second-order valence-corrected chi connectivity index (χ2v) is 7.90. The van der Waals surface area contributed by atoms with Crippen LogP contribution in [0.25, 0.3) is 0 Å². The summed E-state index contributed by atoms with van der Waals surface area (Å²) in [5.74, 6) is 1.00. The third kappa shape index (κ3) is 5.07. The molecule has 0 spiro atoms. The van der Waals surface area contributed by atoms with Crippen LogP contribution in [0.2, 0.25) is 5.02 Å². The number of rotatable bonds is 6. The van der Waals surface area contributed by atoms with Crippen LogP contribution in [0.15, 0.2) is 94.7 Å². The summed E-state index contributed by atoms with van der Waals surface area (Å²) < 4.78 is 0. The van der Waals surface area contributed by atoms with Gasteiger partial charge in [0.15, 0.2) is 0 Å². The minimum absolute atomic E-state index is 0.362. The molecule has 0 nitrogen and oxygen atoms in total. The molecule has 0 saturated heterocycles. The van der Waals surface area contributed by atoms with Gasteiger partial charge in [0.05, 0.1) is 0 Å². The second-order valence-electron chi connectivity index (χ2n) is 5.10. The Labute approximate surface area is 151 Å². The van der Waals surface area contributed by atoms with E-state index in [4.69, 9.17) is 11.6 Å². The second kappa shape index (κ2) is 8.49. The normalized spacial score (nSPS) is 12.0. The van der Waals surface area contributed by atoms with Gasteiger partial charge in [-0.15, -0.1) is 23.5 Å². The Balaban J connectivity index is 1.78. The zero-order chi connectivity index (χ0) is 15.9. The van der Waals surface area contributed by atoms with Gasteiger partial charge in [-0.2, -0.15) is 0 Å². The summed E-state index contributed by atoms with van der Waals surface area (Å²) in [6.45, 7) is 0. The Hall–Kier alpha value is -1.35. The molecule has 1 unspecified atom stereocenters. The number of thioether (sulfide) groups is 2. The van der Waals surface area contributed by atoms with Crippen molar-refractivity contribution in [2.45, 2.75) is 15.0 Å². The molecule has 3 aromatic rings. The van der Waals surface area contributed by atoms with Crippen LogP contribution in [0.1, 0.15) is 10.8 Å². The Bertz CT molecular complexity index is 729. The molecule has 0 aromatic heterocycles. The van der Waals surface area contributed by atoms with Gasteiger partial charge in [0.2, 0.25) is 0 Å². The maximum Gasteiger partial charge on any atom is 0.0438 e. The van der Waals surface area contributed by atoms with Crippen LogP contribution in [0.5, 0.6) is 0 Å². The lowest BCUT2D eigenvalue weighted by molar-refractivity contribution is 1.11. The lowest BCUT2D eigenvalue weighted by atomic mass is 10.2. The van der Waals surface area contributed by atoms with Crippen molar-refractivity contribution < 1.29 is 0 Å². The first-order valence-corrected chi connectivity index (χ1v) is 9.70. The van der Waals surface area contributed by atoms with Gasteiger partial charge in [-0.1, -0.05) is 60.1 Å². The molecule has 116 valence electrons. The SMILES string of the molecule is Clc1cccc(C(CSc2ccccc2)Sc2ccccc2)c1. The molecule has 3 aromatic carbocycles. The summed E-state index contributed by atoms with van der Waals surface area (Å²) in [4.78, 5) is 2.58. The molecule has 0 amide bonds. The van der Waals surface area contributed by atoms with Crippen LogP contribution in [-0.4, -0.2) is 5.75 Å². The van der Waals surface area contributed by atoms with E-state index in [1.807, 2.05) is 35.7 Å². The highest BCUT2D eigenvalue weighted by Crippen LogP contribution is 2.39. The molecule has 0 aliphatic carbocycles. The molecule has 0 aliphatic heterocycles. The van der Waals surface area contributed by atoms with E-state index in [0.29, 0.717) is 5.25 Å². The first-order valence-electron chi connectivity index (χ1n) is 7.46. The van der Waals surface area contributed by atoms with Crippen LogP contribution in [0, 0.1) is 0 Å². The summed E-state index contributed by atoms with van der Waals surface area (Å²) in [5.41, 5.74) is 1.27. The van der Waals surface area contributed by atoms with Crippen LogP contribution in [0.4, 0.5) is 0 Å². The first kappa shape index (κ1) is 16.5. The molecule has 0 saturated carbocycles. The van der Waals surface area contributed by atoms with E-state index in [0.717, 1.165) is 10.8 Å². The van der Waals surface area contributed by atoms with Gasteiger partial charge in [0.25, 0.3) is 0 Å². The lowest BCUT2D eigenvalue weighted by Crippen LogP contribution is -1.98. The standard InChI is InChI=1S/C20H17ClS2/c21-17-9-7-8-16(14-17)20(23-19-12-5-2-6-13-19)15-22-18-10-3-1-4-11-18/h1-14,20H,15H2. The van der Waals surface area contributed by atoms with E-state index < -0.39 is 0 Å². The van der Waals surface area contributed by atoms with Gasteiger partial charge in [-0.3, -0.25) is 0 Å². The van der Waals surface area contributed by atoms with Gasteiger partial charge in [0, 0.05) is 25.8 Å². The molecule has 3 rings (SSSR count). The summed E-state index contributed by atoms with van der Waals surface area (Å²) in [5, 5.41) is 1.16. The quantitative estimate of drug-likeness (QED) is 0.437. The smallest absolute Gasteiger partial charge is 0.0438 e. The number of halogens is 1. The van der Waals surface area contributed by atoms with Crippen LogP contribution in [-0.2, 0) is 0 Å². The van der Waals surface area contributed by atoms with Gasteiger partial charge in [-0.05, 0) is 42.0 Å². The van der Waals surface area contributed by atoms with Crippen molar-refractivity contribution in [1.29, 1.82) is 0 Å². The maximum atomic E-state index is 6.19. The number of hydrogen-bond donors (Lipinski definition) is 0. The third-order valence-electron chi connectivity index (χ3n) is 3.39. The van der Waals surface area contributed by atoms with Crippen LogP contribution in [0.3, 0.4) is 0 Å². The fourth-order valence-corrected chi connectivity index (χ4v) is 4.74. The monoisotopic (exact) mass is 356 g/mol.